The predicted molar refractivity (Wildman–Crippen MR) is 143 cm³/mol. The van der Waals surface area contributed by atoms with E-state index in [1.165, 1.54) is 0 Å². The Kier molecular flexibility index (Phi) is 4.50. The van der Waals surface area contributed by atoms with Gasteiger partial charge in [-0.05, 0) is 64.7 Å². The summed E-state index contributed by atoms with van der Waals surface area (Å²) in [7, 11) is -3.64. The maximum Gasteiger partial charge on any atom is 0.210 e. The molecule has 7 rings (SSSR count). The molecule has 2 heterocycles. The number of imidazole rings is 1. The third-order valence-corrected chi connectivity index (χ3v) is 8.56. The molecule has 0 bridgehead atoms. The van der Waals surface area contributed by atoms with Gasteiger partial charge in [-0.3, -0.25) is 4.57 Å². The average molecular weight is 485 g/mol. The molecule has 0 unspecified atom stereocenters. The van der Waals surface area contributed by atoms with E-state index >= 15 is 0 Å². The summed E-state index contributed by atoms with van der Waals surface area (Å²) < 4.78 is 28.9. The first-order chi connectivity index (χ1) is 17.6. The lowest BCUT2D eigenvalue weighted by atomic mass is 9.96. The zero-order valence-electron chi connectivity index (χ0n) is 19.2. The van der Waals surface area contributed by atoms with Crippen LogP contribution < -0.4 is 0 Å². The van der Waals surface area contributed by atoms with E-state index in [2.05, 4.69) is 42.5 Å². The molecule has 0 saturated carbocycles. The largest absolute Gasteiger partial charge is 0.290 e. The van der Waals surface area contributed by atoms with Gasteiger partial charge in [0.05, 0.1) is 26.5 Å². The second-order valence-electron chi connectivity index (χ2n) is 8.90. The molecule has 1 aromatic heterocycles. The Morgan fingerprint density at radius 3 is 1.75 bits per heavy atom. The summed E-state index contributed by atoms with van der Waals surface area (Å²) >= 11 is 0. The lowest BCUT2D eigenvalue weighted by Gasteiger charge is -2.21. The fraction of sp³-hybridized carbons (Fsp3) is 0. The van der Waals surface area contributed by atoms with Crippen molar-refractivity contribution in [2.45, 2.75) is 9.79 Å². The van der Waals surface area contributed by atoms with Gasteiger partial charge in [-0.1, -0.05) is 78.9 Å². The number of rotatable bonds is 3. The fourth-order valence-electron chi connectivity index (χ4n) is 5.08. The minimum Gasteiger partial charge on any atom is -0.290 e. The minimum atomic E-state index is -3.64. The summed E-state index contributed by atoms with van der Waals surface area (Å²) in [5.74, 6) is 0.717. The smallest absolute Gasteiger partial charge is 0.210 e. The number of fused-ring (bicyclic) bond motifs is 2. The standard InChI is InChI=1S/C31H20N2O2S/c34-36(35)28-16-8-7-15-27(28)33-30-26(14-9-17-29(30)36)32-31(33)25-19-23(21-10-3-1-4-11-21)18-24(20-25)22-12-5-2-6-13-22/h1-20H. The van der Waals surface area contributed by atoms with Gasteiger partial charge in [0.15, 0.2) is 0 Å². The first-order valence-electron chi connectivity index (χ1n) is 11.7. The fourth-order valence-corrected chi connectivity index (χ4v) is 6.72. The number of sulfone groups is 1. The quantitative estimate of drug-likeness (QED) is 0.267. The lowest BCUT2D eigenvalue weighted by Crippen LogP contribution is -2.14. The Morgan fingerprint density at radius 2 is 1.08 bits per heavy atom. The van der Waals surface area contributed by atoms with Gasteiger partial charge in [0.1, 0.15) is 5.82 Å². The van der Waals surface area contributed by atoms with Crippen LogP contribution in [0.15, 0.2) is 131 Å². The second kappa shape index (κ2) is 7.77. The van der Waals surface area contributed by atoms with E-state index in [9.17, 15) is 8.42 Å². The monoisotopic (exact) mass is 484 g/mol. The van der Waals surface area contributed by atoms with Crippen LogP contribution in [0.3, 0.4) is 0 Å². The molecule has 0 spiro atoms. The highest BCUT2D eigenvalue weighted by atomic mass is 32.2. The Hall–Kier alpha value is -4.48. The summed E-state index contributed by atoms with van der Waals surface area (Å²) in [6, 6.07) is 39.5. The Labute approximate surface area is 209 Å². The maximum atomic E-state index is 13.5. The van der Waals surface area contributed by atoms with Crippen LogP contribution in [0.1, 0.15) is 0 Å². The molecule has 172 valence electrons. The molecule has 5 aromatic carbocycles. The summed E-state index contributed by atoms with van der Waals surface area (Å²) in [6.07, 6.45) is 0. The Morgan fingerprint density at radius 1 is 0.528 bits per heavy atom. The van der Waals surface area contributed by atoms with Gasteiger partial charge in [-0.2, -0.15) is 0 Å². The molecule has 0 amide bonds. The van der Waals surface area contributed by atoms with E-state index in [1.54, 1.807) is 24.3 Å². The van der Waals surface area contributed by atoms with Crippen molar-refractivity contribution in [3.8, 4) is 39.3 Å². The van der Waals surface area contributed by atoms with Crippen molar-refractivity contribution in [2.24, 2.45) is 0 Å². The Balaban J connectivity index is 1.58. The molecule has 1 aliphatic heterocycles. The van der Waals surface area contributed by atoms with Crippen molar-refractivity contribution in [3.05, 3.63) is 121 Å². The van der Waals surface area contributed by atoms with Crippen LogP contribution in [-0.4, -0.2) is 18.0 Å². The van der Waals surface area contributed by atoms with Crippen molar-refractivity contribution < 1.29 is 8.42 Å². The second-order valence-corrected chi connectivity index (χ2v) is 10.8. The van der Waals surface area contributed by atoms with Gasteiger partial charge in [0, 0.05) is 5.56 Å². The molecule has 0 aliphatic carbocycles. The van der Waals surface area contributed by atoms with Crippen LogP contribution in [0, 0.1) is 0 Å². The molecule has 6 aromatic rings. The van der Waals surface area contributed by atoms with E-state index in [0.717, 1.165) is 33.6 Å². The van der Waals surface area contributed by atoms with Gasteiger partial charge < -0.3 is 0 Å². The summed E-state index contributed by atoms with van der Waals surface area (Å²) in [6.45, 7) is 0. The van der Waals surface area contributed by atoms with Crippen molar-refractivity contribution >= 4 is 20.9 Å². The summed E-state index contributed by atoms with van der Waals surface area (Å²) in [4.78, 5) is 5.58. The zero-order chi connectivity index (χ0) is 24.3. The lowest BCUT2D eigenvalue weighted by molar-refractivity contribution is 0.594. The molecule has 0 atom stereocenters. The first kappa shape index (κ1) is 20.9. The number of hydrogen-bond donors (Lipinski definition) is 0. The molecule has 5 heteroatoms. The zero-order valence-corrected chi connectivity index (χ0v) is 20.0. The molecule has 0 fully saturated rings. The van der Waals surface area contributed by atoms with Crippen LogP contribution in [0.4, 0.5) is 0 Å². The van der Waals surface area contributed by atoms with Gasteiger partial charge in [-0.15, -0.1) is 0 Å². The molecule has 0 saturated heterocycles. The van der Waals surface area contributed by atoms with Crippen molar-refractivity contribution in [1.29, 1.82) is 0 Å². The van der Waals surface area contributed by atoms with Crippen molar-refractivity contribution in [3.63, 3.8) is 0 Å². The van der Waals surface area contributed by atoms with Crippen LogP contribution in [0.2, 0.25) is 0 Å². The van der Waals surface area contributed by atoms with Gasteiger partial charge in [0.25, 0.3) is 0 Å². The minimum absolute atomic E-state index is 0.292. The number of hydrogen-bond acceptors (Lipinski definition) is 3. The van der Waals surface area contributed by atoms with E-state index < -0.39 is 9.84 Å². The average Bonchev–Trinajstić information content (AvgIpc) is 3.33. The van der Waals surface area contributed by atoms with E-state index in [-0.39, 0.29) is 0 Å². The normalized spacial score (nSPS) is 13.4. The summed E-state index contributed by atoms with van der Waals surface area (Å²) in [5, 5.41) is 0. The van der Waals surface area contributed by atoms with Crippen LogP contribution in [-0.2, 0) is 9.84 Å². The number of nitrogens with zero attached hydrogens (tertiary/aromatic N) is 2. The van der Waals surface area contributed by atoms with E-state index in [4.69, 9.17) is 4.98 Å². The van der Waals surface area contributed by atoms with Gasteiger partial charge >= 0.3 is 0 Å². The third-order valence-electron chi connectivity index (χ3n) is 6.73. The topological polar surface area (TPSA) is 52.0 Å². The Bertz CT molecular complexity index is 1830. The van der Waals surface area contributed by atoms with Crippen molar-refractivity contribution in [2.75, 3.05) is 0 Å². The highest BCUT2D eigenvalue weighted by Crippen LogP contribution is 2.42. The number of para-hydroxylation sites is 2. The molecule has 0 N–H and O–H groups in total. The van der Waals surface area contributed by atoms with E-state index in [1.807, 2.05) is 59.2 Å². The molecule has 36 heavy (non-hydrogen) atoms. The molecule has 0 radical (unpaired) electrons. The van der Waals surface area contributed by atoms with Gasteiger partial charge in [-0.25, -0.2) is 13.4 Å². The SMILES string of the molecule is O=S1(=O)c2ccccc2-n2c(-c3cc(-c4ccccc4)cc(-c4ccccc4)c3)nc3cccc1c32. The number of benzene rings is 5. The first-order valence-corrected chi connectivity index (χ1v) is 13.2. The highest BCUT2D eigenvalue weighted by Gasteiger charge is 2.33. The molecular weight excluding hydrogens is 464 g/mol. The van der Waals surface area contributed by atoms with Crippen LogP contribution in [0.5, 0.6) is 0 Å². The maximum absolute atomic E-state index is 13.5. The van der Waals surface area contributed by atoms with E-state index in [0.29, 0.717) is 26.5 Å². The van der Waals surface area contributed by atoms with Crippen LogP contribution in [0.25, 0.3) is 50.4 Å². The molecule has 1 aliphatic rings. The molecule has 4 nitrogen and oxygen atoms in total. The third kappa shape index (κ3) is 3.06. The number of aromatic nitrogens is 2. The highest BCUT2D eigenvalue weighted by molar-refractivity contribution is 7.92. The van der Waals surface area contributed by atoms with Crippen LogP contribution >= 0.6 is 0 Å². The van der Waals surface area contributed by atoms with Gasteiger partial charge in [0.2, 0.25) is 9.84 Å². The molecular formula is C31H20N2O2S. The predicted octanol–water partition coefficient (Wildman–Crippen LogP) is 7.17. The van der Waals surface area contributed by atoms with Crippen molar-refractivity contribution in [1.82, 2.24) is 9.55 Å². The summed E-state index contributed by atoms with van der Waals surface area (Å²) in [5.41, 5.74) is 7.19.